The van der Waals surface area contributed by atoms with Crippen molar-refractivity contribution in [3.05, 3.63) is 0 Å². The van der Waals surface area contributed by atoms with Crippen molar-refractivity contribution in [1.29, 1.82) is 0 Å². The van der Waals surface area contributed by atoms with Crippen molar-refractivity contribution in [3.8, 4) is 0 Å². The highest BCUT2D eigenvalue weighted by Crippen LogP contribution is 2.18. The number of halogens is 1. The summed E-state index contributed by atoms with van der Waals surface area (Å²) in [5.74, 6) is 0.147. The molecule has 14 heavy (non-hydrogen) atoms. The van der Waals surface area contributed by atoms with Gasteiger partial charge in [0.1, 0.15) is 0 Å². The zero-order valence-electron chi connectivity index (χ0n) is 9.39. The van der Waals surface area contributed by atoms with E-state index in [0.29, 0.717) is 0 Å². The third-order valence-corrected chi connectivity index (χ3v) is 2.80. The largest absolute Gasteiger partial charge is 0.352 e. The van der Waals surface area contributed by atoms with Crippen LogP contribution in [0.4, 0.5) is 0 Å². The summed E-state index contributed by atoms with van der Waals surface area (Å²) in [4.78, 5) is 11.5. The van der Waals surface area contributed by atoms with Crippen molar-refractivity contribution in [1.82, 2.24) is 10.6 Å². The molecular weight excluding hydrogens is 200 g/mol. The third-order valence-electron chi connectivity index (χ3n) is 2.80. The summed E-state index contributed by atoms with van der Waals surface area (Å²) >= 11 is 0. The number of nitrogens with one attached hydrogen (secondary N) is 2. The fourth-order valence-electron chi connectivity index (χ4n) is 1.04. The van der Waals surface area contributed by atoms with Gasteiger partial charge < -0.3 is 10.6 Å². The molecule has 1 unspecified atom stereocenters. The highest BCUT2D eigenvalue weighted by Gasteiger charge is 2.28. The van der Waals surface area contributed by atoms with Crippen LogP contribution in [0.3, 0.4) is 0 Å². The highest BCUT2D eigenvalue weighted by atomic mass is 35.5. The molecule has 0 aromatic carbocycles. The van der Waals surface area contributed by atoms with Gasteiger partial charge >= 0.3 is 0 Å². The summed E-state index contributed by atoms with van der Waals surface area (Å²) in [7, 11) is 0. The van der Waals surface area contributed by atoms with Crippen LogP contribution < -0.4 is 10.6 Å². The Balaban J connectivity index is 0.00000169. The molecule has 4 heteroatoms. The Bertz CT molecular complexity index is 197. The summed E-state index contributed by atoms with van der Waals surface area (Å²) in [6, 6.07) is 0.284. The van der Waals surface area contributed by atoms with E-state index >= 15 is 0 Å². The van der Waals surface area contributed by atoms with Gasteiger partial charge in [-0.3, -0.25) is 4.79 Å². The molecule has 2 atom stereocenters. The van der Waals surface area contributed by atoms with Crippen LogP contribution in [0, 0.1) is 5.41 Å². The second-order valence-corrected chi connectivity index (χ2v) is 4.89. The van der Waals surface area contributed by atoms with E-state index in [2.05, 4.69) is 38.3 Å². The first kappa shape index (κ1) is 13.7. The number of hydrogen-bond donors (Lipinski definition) is 2. The second-order valence-electron chi connectivity index (χ2n) is 4.89. The van der Waals surface area contributed by atoms with Crippen molar-refractivity contribution in [2.75, 3.05) is 6.54 Å². The Labute approximate surface area is 92.4 Å². The molecule has 1 saturated heterocycles. The van der Waals surface area contributed by atoms with Crippen LogP contribution in [0.15, 0.2) is 0 Å². The number of carbonyl (C=O) groups is 1. The molecule has 3 nitrogen and oxygen atoms in total. The van der Waals surface area contributed by atoms with E-state index < -0.39 is 0 Å². The smallest absolute Gasteiger partial charge is 0.237 e. The molecule has 0 aromatic heterocycles. The van der Waals surface area contributed by atoms with Crippen LogP contribution in [-0.4, -0.2) is 24.5 Å². The van der Waals surface area contributed by atoms with Gasteiger partial charge in [0.25, 0.3) is 0 Å². The second kappa shape index (κ2) is 4.99. The van der Waals surface area contributed by atoms with Crippen LogP contribution in [0.1, 0.15) is 34.1 Å². The van der Waals surface area contributed by atoms with Gasteiger partial charge in [-0.25, -0.2) is 0 Å². The van der Waals surface area contributed by atoms with Gasteiger partial charge in [-0.05, 0) is 25.3 Å². The molecule has 0 saturated carbocycles. The monoisotopic (exact) mass is 220 g/mol. The van der Waals surface area contributed by atoms with Crippen LogP contribution >= 0.6 is 12.4 Å². The molecular formula is C10H21ClN2O. The van der Waals surface area contributed by atoms with E-state index in [4.69, 9.17) is 0 Å². The average molecular weight is 221 g/mol. The van der Waals surface area contributed by atoms with Gasteiger partial charge in [-0.15, -0.1) is 12.4 Å². The van der Waals surface area contributed by atoms with E-state index in [9.17, 15) is 4.79 Å². The summed E-state index contributed by atoms with van der Waals surface area (Å²) in [6.07, 6.45) is 0.975. The first-order chi connectivity index (χ1) is 5.91. The Morgan fingerprint density at radius 2 is 2.00 bits per heavy atom. The summed E-state index contributed by atoms with van der Waals surface area (Å²) in [5.41, 5.74) is 0.138. The summed E-state index contributed by atoms with van der Waals surface area (Å²) in [5, 5.41) is 6.11. The first-order valence-corrected chi connectivity index (χ1v) is 4.95. The van der Waals surface area contributed by atoms with E-state index in [1.54, 1.807) is 0 Å². The van der Waals surface area contributed by atoms with Gasteiger partial charge in [0.05, 0.1) is 6.04 Å². The minimum absolute atomic E-state index is 0. The van der Waals surface area contributed by atoms with Gasteiger partial charge in [-0.2, -0.15) is 0 Å². The lowest BCUT2D eigenvalue weighted by molar-refractivity contribution is -0.126. The predicted octanol–water partition coefficient (Wildman–Crippen LogP) is 1.32. The molecule has 1 aliphatic heterocycles. The molecule has 1 fully saturated rings. The number of carbonyl (C=O) groups excluding carboxylic acids is 1. The fourth-order valence-corrected chi connectivity index (χ4v) is 1.04. The molecule has 0 aliphatic carbocycles. The molecule has 0 radical (unpaired) electrons. The molecule has 1 amide bonds. The van der Waals surface area contributed by atoms with E-state index in [-0.39, 0.29) is 35.8 Å². The topological polar surface area (TPSA) is 41.1 Å². The number of amides is 1. The average Bonchev–Trinajstić information content (AvgIpc) is 1.79. The predicted molar refractivity (Wildman–Crippen MR) is 60.7 cm³/mol. The Morgan fingerprint density at radius 3 is 2.29 bits per heavy atom. The molecule has 0 aromatic rings. The fraction of sp³-hybridized carbons (Fsp3) is 0.900. The minimum atomic E-state index is 0. The minimum Gasteiger partial charge on any atom is -0.352 e. The molecule has 0 spiro atoms. The standard InChI is InChI=1S/C10H20N2O.ClH/c1-7(10(2,3)4)12-9(13)8-5-6-11-8;/h7-8,11H,5-6H2,1-4H3,(H,12,13);1H/t7?,8-;/m1./s1. The van der Waals surface area contributed by atoms with Crippen LogP contribution in [0.25, 0.3) is 0 Å². The Hall–Kier alpha value is -0.280. The normalized spacial score (nSPS) is 23.0. The van der Waals surface area contributed by atoms with E-state index in [0.717, 1.165) is 13.0 Å². The SMILES string of the molecule is CC(NC(=O)[C@H]1CCN1)C(C)(C)C.Cl. The van der Waals surface area contributed by atoms with Crippen LogP contribution in [-0.2, 0) is 4.79 Å². The van der Waals surface area contributed by atoms with Crippen molar-refractivity contribution in [2.24, 2.45) is 5.41 Å². The number of hydrogen-bond acceptors (Lipinski definition) is 2. The lowest BCUT2D eigenvalue weighted by Gasteiger charge is -2.32. The molecule has 1 aliphatic rings. The molecule has 0 bridgehead atoms. The van der Waals surface area contributed by atoms with Gasteiger partial charge in [0.15, 0.2) is 0 Å². The van der Waals surface area contributed by atoms with Crippen molar-refractivity contribution >= 4 is 18.3 Å². The quantitative estimate of drug-likeness (QED) is 0.737. The maximum absolute atomic E-state index is 11.5. The lowest BCUT2D eigenvalue weighted by atomic mass is 9.87. The molecule has 1 rings (SSSR count). The van der Waals surface area contributed by atoms with Crippen molar-refractivity contribution in [2.45, 2.75) is 46.2 Å². The summed E-state index contributed by atoms with van der Waals surface area (Å²) < 4.78 is 0. The zero-order valence-corrected chi connectivity index (χ0v) is 10.2. The van der Waals surface area contributed by atoms with Gasteiger partial charge in [0, 0.05) is 6.04 Å². The maximum atomic E-state index is 11.5. The van der Waals surface area contributed by atoms with Gasteiger partial charge in [0.2, 0.25) is 5.91 Å². The Kier molecular flexibility index (Phi) is 4.89. The van der Waals surface area contributed by atoms with Crippen molar-refractivity contribution in [3.63, 3.8) is 0 Å². The molecule has 2 N–H and O–H groups in total. The molecule has 84 valence electrons. The molecule has 1 heterocycles. The number of rotatable bonds is 2. The maximum Gasteiger partial charge on any atom is 0.237 e. The van der Waals surface area contributed by atoms with Gasteiger partial charge in [-0.1, -0.05) is 20.8 Å². The third kappa shape index (κ3) is 3.46. The van der Waals surface area contributed by atoms with E-state index in [1.165, 1.54) is 0 Å². The van der Waals surface area contributed by atoms with E-state index in [1.807, 2.05) is 0 Å². The summed E-state index contributed by atoms with van der Waals surface area (Å²) in [6.45, 7) is 9.42. The highest BCUT2D eigenvalue weighted by molar-refractivity contribution is 5.85. The first-order valence-electron chi connectivity index (χ1n) is 4.95. The van der Waals surface area contributed by atoms with Crippen LogP contribution in [0.2, 0.25) is 0 Å². The van der Waals surface area contributed by atoms with Crippen LogP contribution in [0.5, 0.6) is 0 Å². The van der Waals surface area contributed by atoms with Crippen molar-refractivity contribution < 1.29 is 4.79 Å². The lowest BCUT2D eigenvalue weighted by Crippen LogP contribution is -2.56. The Morgan fingerprint density at radius 1 is 1.50 bits per heavy atom. The zero-order chi connectivity index (χ0) is 10.1.